The van der Waals surface area contributed by atoms with Crippen LogP contribution in [0.5, 0.6) is 0 Å². The second-order valence-electron chi connectivity index (χ2n) is 5.79. The highest BCUT2D eigenvalue weighted by Gasteiger charge is 2.48. The number of aliphatic hydroxyl groups is 1. The van der Waals surface area contributed by atoms with Gasteiger partial charge in [0, 0.05) is 5.02 Å². The molecule has 0 amide bonds. The number of hydrogen-bond acceptors (Lipinski definition) is 5. The Labute approximate surface area is 143 Å². The van der Waals surface area contributed by atoms with Crippen molar-refractivity contribution in [3.05, 3.63) is 34.9 Å². The van der Waals surface area contributed by atoms with Gasteiger partial charge in [-0.1, -0.05) is 29.8 Å². The number of carboxylic acids is 2. The van der Waals surface area contributed by atoms with Crippen LogP contribution in [0.4, 0.5) is 0 Å². The molecule has 1 aromatic rings. The van der Waals surface area contributed by atoms with Crippen molar-refractivity contribution in [3.8, 4) is 0 Å². The fraction of sp³-hybridized carbons (Fsp3) is 0.438. The highest BCUT2D eigenvalue weighted by Crippen LogP contribution is 2.38. The Kier molecular flexibility index (Phi) is 5.58. The molecule has 130 valence electrons. The van der Waals surface area contributed by atoms with Gasteiger partial charge in [0.25, 0.3) is 0 Å². The third-order valence-corrected chi connectivity index (χ3v) is 4.51. The monoisotopic (exact) mass is 355 g/mol. The molecule has 1 fully saturated rings. The lowest BCUT2D eigenvalue weighted by Crippen LogP contribution is -2.60. The lowest BCUT2D eigenvalue weighted by atomic mass is 9.73. The lowest BCUT2D eigenvalue weighted by Gasteiger charge is -2.41. The summed E-state index contributed by atoms with van der Waals surface area (Å²) in [6.07, 6.45) is -1.02. The molecule has 0 saturated heterocycles. The fourth-order valence-corrected chi connectivity index (χ4v) is 3.36. The zero-order valence-electron chi connectivity index (χ0n) is 12.7. The van der Waals surface area contributed by atoms with Gasteiger partial charge in [0.05, 0.1) is 6.42 Å². The van der Waals surface area contributed by atoms with Gasteiger partial charge in [0.1, 0.15) is 17.7 Å². The lowest BCUT2D eigenvalue weighted by molar-refractivity contribution is -0.149. The molecule has 0 unspecified atom stereocenters. The van der Waals surface area contributed by atoms with Crippen LogP contribution in [0.2, 0.25) is 5.02 Å². The van der Waals surface area contributed by atoms with Crippen molar-refractivity contribution in [1.29, 1.82) is 0 Å². The van der Waals surface area contributed by atoms with E-state index in [1.165, 1.54) is 0 Å². The van der Waals surface area contributed by atoms with Crippen LogP contribution < -0.4 is 5.32 Å². The maximum absolute atomic E-state index is 12.7. The van der Waals surface area contributed by atoms with Gasteiger partial charge < -0.3 is 15.3 Å². The van der Waals surface area contributed by atoms with Gasteiger partial charge >= 0.3 is 11.9 Å². The normalized spacial score (nSPS) is 25.2. The molecule has 7 nitrogen and oxygen atoms in total. The first-order valence-corrected chi connectivity index (χ1v) is 7.85. The SMILES string of the molecule is O=C(O)C[C@H](N[C@]1(c2ccccc2Cl)CCC[C@H](O)C1=O)C(=O)O. The Bertz CT molecular complexity index is 664. The van der Waals surface area contributed by atoms with Crippen LogP contribution in [-0.4, -0.2) is 45.2 Å². The maximum Gasteiger partial charge on any atom is 0.321 e. The van der Waals surface area contributed by atoms with Crippen molar-refractivity contribution >= 4 is 29.3 Å². The number of hydrogen-bond donors (Lipinski definition) is 4. The molecule has 0 spiro atoms. The van der Waals surface area contributed by atoms with Crippen LogP contribution >= 0.6 is 11.6 Å². The predicted molar refractivity (Wildman–Crippen MR) is 84.8 cm³/mol. The number of Topliss-reactive ketones (excluding diaryl/α,β-unsaturated/α-hetero) is 1. The molecule has 4 N–H and O–H groups in total. The summed E-state index contributed by atoms with van der Waals surface area (Å²) in [4.78, 5) is 35.1. The van der Waals surface area contributed by atoms with E-state index in [0.29, 0.717) is 12.0 Å². The van der Waals surface area contributed by atoms with Gasteiger partial charge in [-0.3, -0.25) is 19.7 Å². The van der Waals surface area contributed by atoms with Crippen molar-refractivity contribution in [3.63, 3.8) is 0 Å². The fourth-order valence-electron chi connectivity index (χ4n) is 3.07. The Morgan fingerprint density at radius 2 is 2.00 bits per heavy atom. The zero-order valence-corrected chi connectivity index (χ0v) is 13.5. The smallest absolute Gasteiger partial charge is 0.321 e. The van der Waals surface area contributed by atoms with Gasteiger partial charge in [-0.15, -0.1) is 0 Å². The molecular weight excluding hydrogens is 338 g/mol. The van der Waals surface area contributed by atoms with E-state index in [-0.39, 0.29) is 17.9 Å². The van der Waals surface area contributed by atoms with E-state index in [4.69, 9.17) is 16.7 Å². The van der Waals surface area contributed by atoms with Gasteiger partial charge in [-0.05, 0) is 30.9 Å². The molecule has 0 heterocycles. The summed E-state index contributed by atoms with van der Waals surface area (Å²) in [6.45, 7) is 0. The molecule has 1 aliphatic rings. The van der Waals surface area contributed by atoms with Crippen molar-refractivity contribution in [2.24, 2.45) is 0 Å². The molecule has 0 aromatic heterocycles. The van der Waals surface area contributed by atoms with Gasteiger partial charge in [0.2, 0.25) is 0 Å². The number of carbonyl (C=O) groups excluding carboxylic acids is 1. The highest BCUT2D eigenvalue weighted by molar-refractivity contribution is 6.31. The number of rotatable bonds is 6. The van der Waals surface area contributed by atoms with Crippen molar-refractivity contribution in [2.45, 2.75) is 43.4 Å². The van der Waals surface area contributed by atoms with Crippen LogP contribution in [0.15, 0.2) is 24.3 Å². The van der Waals surface area contributed by atoms with Crippen LogP contribution in [0.25, 0.3) is 0 Å². The summed E-state index contributed by atoms with van der Waals surface area (Å²) >= 11 is 6.19. The number of ketones is 1. The molecule has 24 heavy (non-hydrogen) atoms. The summed E-state index contributed by atoms with van der Waals surface area (Å²) in [7, 11) is 0. The predicted octanol–water partition coefficient (Wildman–Crippen LogP) is 1.17. The highest BCUT2D eigenvalue weighted by atomic mass is 35.5. The van der Waals surface area contributed by atoms with Gasteiger partial charge in [0.15, 0.2) is 5.78 Å². The standard InChI is InChI=1S/C16H18ClNO6/c17-10-5-2-1-4-9(10)16(7-3-6-12(19)14(16)22)18-11(15(23)24)8-13(20)21/h1-2,4-5,11-12,18-19H,3,6-8H2,(H,20,21)(H,23,24)/t11-,12-,16-/m0/s1. The second-order valence-corrected chi connectivity index (χ2v) is 6.20. The summed E-state index contributed by atoms with van der Waals surface area (Å²) in [5, 5.41) is 31.1. The van der Waals surface area contributed by atoms with Crippen LogP contribution in [0, 0.1) is 0 Å². The van der Waals surface area contributed by atoms with E-state index < -0.39 is 41.8 Å². The number of halogens is 1. The molecular formula is C16H18ClNO6. The molecule has 0 bridgehead atoms. The summed E-state index contributed by atoms with van der Waals surface area (Å²) in [5.74, 6) is -3.30. The molecule has 1 aromatic carbocycles. The zero-order chi connectivity index (χ0) is 17.9. The van der Waals surface area contributed by atoms with Crippen molar-refractivity contribution in [1.82, 2.24) is 5.32 Å². The maximum atomic E-state index is 12.7. The molecule has 1 saturated carbocycles. The third kappa shape index (κ3) is 3.58. The number of carbonyl (C=O) groups is 3. The number of carboxylic acid groups (broad SMARTS) is 2. The number of aliphatic hydroxyl groups excluding tert-OH is 1. The molecule has 8 heteroatoms. The van der Waals surface area contributed by atoms with Crippen LogP contribution in [-0.2, 0) is 19.9 Å². The first-order chi connectivity index (χ1) is 11.3. The Balaban J connectivity index is 2.51. The number of benzene rings is 1. The average molecular weight is 356 g/mol. The van der Waals surface area contributed by atoms with E-state index in [0.717, 1.165) is 0 Å². The largest absolute Gasteiger partial charge is 0.481 e. The van der Waals surface area contributed by atoms with E-state index in [1.54, 1.807) is 24.3 Å². The summed E-state index contributed by atoms with van der Waals surface area (Å²) < 4.78 is 0. The average Bonchev–Trinajstić information content (AvgIpc) is 2.51. The quantitative estimate of drug-likeness (QED) is 0.603. The Morgan fingerprint density at radius 3 is 2.58 bits per heavy atom. The molecule has 3 atom stereocenters. The second kappa shape index (κ2) is 7.29. The number of aliphatic carboxylic acids is 2. The first-order valence-electron chi connectivity index (χ1n) is 7.47. The minimum Gasteiger partial charge on any atom is -0.481 e. The first kappa shape index (κ1) is 18.4. The van der Waals surface area contributed by atoms with Crippen LogP contribution in [0.3, 0.4) is 0 Å². The van der Waals surface area contributed by atoms with E-state index in [9.17, 15) is 24.6 Å². The minimum atomic E-state index is -1.53. The molecule has 1 aliphatic carbocycles. The molecule has 0 aliphatic heterocycles. The molecule has 2 rings (SSSR count). The van der Waals surface area contributed by atoms with Crippen LogP contribution in [0.1, 0.15) is 31.2 Å². The van der Waals surface area contributed by atoms with Crippen molar-refractivity contribution in [2.75, 3.05) is 0 Å². The molecule has 0 radical (unpaired) electrons. The number of nitrogens with one attached hydrogen (secondary N) is 1. The summed E-state index contributed by atoms with van der Waals surface area (Å²) in [5.41, 5.74) is -1.19. The Hall–Kier alpha value is -1.96. The van der Waals surface area contributed by atoms with E-state index >= 15 is 0 Å². The minimum absolute atomic E-state index is 0.218. The third-order valence-electron chi connectivity index (χ3n) is 4.18. The Morgan fingerprint density at radius 1 is 1.33 bits per heavy atom. The summed E-state index contributed by atoms with van der Waals surface area (Å²) in [6, 6.07) is 4.95. The van der Waals surface area contributed by atoms with Gasteiger partial charge in [-0.2, -0.15) is 0 Å². The van der Waals surface area contributed by atoms with Gasteiger partial charge in [-0.25, -0.2) is 0 Å². The van der Waals surface area contributed by atoms with E-state index in [1.807, 2.05) is 0 Å². The topological polar surface area (TPSA) is 124 Å². The van der Waals surface area contributed by atoms with Crippen molar-refractivity contribution < 1.29 is 29.7 Å². The van der Waals surface area contributed by atoms with E-state index in [2.05, 4.69) is 5.32 Å².